The quantitative estimate of drug-likeness (QED) is 0.869. The van der Waals surface area contributed by atoms with E-state index in [4.69, 9.17) is 0 Å². The van der Waals surface area contributed by atoms with Gasteiger partial charge in [-0.2, -0.15) is 0 Å². The Morgan fingerprint density at radius 3 is 2.89 bits per heavy atom. The Morgan fingerprint density at radius 1 is 1.50 bits per heavy atom. The first-order chi connectivity index (χ1) is 8.58. The molecule has 0 saturated heterocycles. The van der Waals surface area contributed by atoms with Crippen LogP contribution in [0.15, 0.2) is 30.9 Å². The molecule has 6 heteroatoms. The highest BCUT2D eigenvalue weighted by atomic mass is 16.3. The van der Waals surface area contributed by atoms with Gasteiger partial charge in [0.05, 0.1) is 18.3 Å². The Balaban J connectivity index is 2.12. The minimum absolute atomic E-state index is 0.0220. The smallest absolute Gasteiger partial charge is 0.255 e. The van der Waals surface area contributed by atoms with Gasteiger partial charge in [0.2, 0.25) is 0 Å². The zero-order valence-corrected chi connectivity index (χ0v) is 10.2. The average molecular weight is 246 g/mol. The predicted molar refractivity (Wildman–Crippen MR) is 64.9 cm³/mol. The van der Waals surface area contributed by atoms with E-state index in [0.29, 0.717) is 12.1 Å². The monoisotopic (exact) mass is 246 g/mol. The Kier molecular flexibility index (Phi) is 3.27. The number of hydrogen-bond acceptors (Lipinski definition) is 4. The van der Waals surface area contributed by atoms with Crippen molar-refractivity contribution in [2.24, 2.45) is 7.05 Å². The van der Waals surface area contributed by atoms with Crippen molar-refractivity contribution < 1.29 is 9.90 Å². The van der Waals surface area contributed by atoms with Crippen LogP contribution in [-0.2, 0) is 13.6 Å². The van der Waals surface area contributed by atoms with Gasteiger partial charge in [0.25, 0.3) is 5.91 Å². The van der Waals surface area contributed by atoms with Crippen LogP contribution in [0.4, 0.5) is 0 Å². The van der Waals surface area contributed by atoms with Crippen molar-refractivity contribution in [2.45, 2.75) is 6.54 Å². The van der Waals surface area contributed by atoms with Gasteiger partial charge < -0.3 is 14.6 Å². The Labute approximate surface area is 105 Å². The molecule has 6 nitrogen and oxygen atoms in total. The molecule has 0 aliphatic rings. The van der Waals surface area contributed by atoms with Crippen LogP contribution in [0.2, 0.25) is 0 Å². The van der Waals surface area contributed by atoms with Crippen molar-refractivity contribution >= 4 is 5.91 Å². The molecule has 2 aromatic rings. The highest BCUT2D eigenvalue weighted by Crippen LogP contribution is 2.11. The first-order valence-electron chi connectivity index (χ1n) is 5.43. The van der Waals surface area contributed by atoms with E-state index in [1.54, 1.807) is 13.2 Å². The van der Waals surface area contributed by atoms with Crippen molar-refractivity contribution in [2.75, 3.05) is 7.05 Å². The maximum Gasteiger partial charge on any atom is 0.255 e. The average Bonchev–Trinajstić information content (AvgIpc) is 2.74. The molecular formula is C12H14N4O2. The van der Waals surface area contributed by atoms with Crippen LogP contribution in [0.3, 0.4) is 0 Å². The van der Waals surface area contributed by atoms with Crippen molar-refractivity contribution in [3.63, 3.8) is 0 Å². The number of aromatic nitrogens is 3. The van der Waals surface area contributed by atoms with Gasteiger partial charge in [0.1, 0.15) is 11.6 Å². The number of carbonyl (C=O) groups excluding carboxylic acids is 1. The molecular weight excluding hydrogens is 232 g/mol. The maximum absolute atomic E-state index is 12.1. The molecule has 2 rings (SSSR count). The summed E-state index contributed by atoms with van der Waals surface area (Å²) >= 11 is 0. The van der Waals surface area contributed by atoms with E-state index in [1.165, 1.54) is 23.4 Å². The van der Waals surface area contributed by atoms with Crippen molar-refractivity contribution in [3.05, 3.63) is 42.2 Å². The first-order valence-corrected chi connectivity index (χ1v) is 5.43. The van der Waals surface area contributed by atoms with Crippen molar-refractivity contribution in [3.8, 4) is 5.75 Å². The van der Waals surface area contributed by atoms with Gasteiger partial charge in [0.15, 0.2) is 0 Å². The van der Waals surface area contributed by atoms with Crippen LogP contribution < -0.4 is 0 Å². The van der Waals surface area contributed by atoms with Gasteiger partial charge in [0, 0.05) is 32.7 Å². The summed E-state index contributed by atoms with van der Waals surface area (Å²) in [6, 6.07) is 1.39. The number of amides is 1. The lowest BCUT2D eigenvalue weighted by atomic mass is 10.2. The summed E-state index contributed by atoms with van der Waals surface area (Å²) in [7, 11) is 3.55. The van der Waals surface area contributed by atoms with Gasteiger partial charge >= 0.3 is 0 Å². The number of nitrogens with zero attached hydrogens (tertiary/aromatic N) is 4. The normalized spacial score (nSPS) is 10.3. The number of pyridine rings is 1. The van der Waals surface area contributed by atoms with E-state index in [2.05, 4.69) is 9.97 Å². The fourth-order valence-electron chi connectivity index (χ4n) is 1.60. The fourth-order valence-corrected chi connectivity index (χ4v) is 1.60. The standard InChI is InChI=1S/C12H14N4O2/c1-15-4-3-14-11(15)8-16(2)12(18)9-5-10(17)7-13-6-9/h3-7,17H,8H2,1-2H3. The third-order valence-corrected chi connectivity index (χ3v) is 2.62. The summed E-state index contributed by atoms with van der Waals surface area (Å²) in [5.74, 6) is 0.562. The number of carbonyl (C=O) groups is 1. The van der Waals surface area contributed by atoms with Crippen LogP contribution in [0.5, 0.6) is 5.75 Å². The van der Waals surface area contributed by atoms with E-state index in [-0.39, 0.29) is 11.7 Å². The molecule has 2 heterocycles. The van der Waals surface area contributed by atoms with Crippen LogP contribution >= 0.6 is 0 Å². The highest BCUT2D eigenvalue weighted by Gasteiger charge is 2.14. The maximum atomic E-state index is 12.1. The van der Waals surface area contributed by atoms with Gasteiger partial charge in [-0.25, -0.2) is 4.98 Å². The minimum Gasteiger partial charge on any atom is -0.506 e. The van der Waals surface area contributed by atoms with E-state index in [1.807, 2.05) is 17.8 Å². The largest absolute Gasteiger partial charge is 0.506 e. The van der Waals surface area contributed by atoms with E-state index < -0.39 is 0 Å². The molecule has 18 heavy (non-hydrogen) atoms. The highest BCUT2D eigenvalue weighted by molar-refractivity contribution is 5.94. The van der Waals surface area contributed by atoms with Crippen LogP contribution in [-0.4, -0.2) is 37.5 Å². The molecule has 0 radical (unpaired) electrons. The molecule has 0 bridgehead atoms. The molecule has 0 atom stereocenters. The zero-order valence-electron chi connectivity index (χ0n) is 10.2. The lowest BCUT2D eigenvalue weighted by Crippen LogP contribution is -2.27. The number of aromatic hydroxyl groups is 1. The molecule has 0 aliphatic carbocycles. The van der Waals surface area contributed by atoms with Gasteiger partial charge in [-0.3, -0.25) is 9.78 Å². The van der Waals surface area contributed by atoms with Crippen LogP contribution in [0.1, 0.15) is 16.2 Å². The van der Waals surface area contributed by atoms with Gasteiger partial charge in [-0.05, 0) is 6.07 Å². The molecule has 0 spiro atoms. The summed E-state index contributed by atoms with van der Waals surface area (Å²) in [6.07, 6.45) is 6.22. The molecule has 1 amide bonds. The number of aryl methyl sites for hydroxylation is 1. The molecule has 94 valence electrons. The first kappa shape index (κ1) is 12.1. The lowest BCUT2D eigenvalue weighted by Gasteiger charge is -2.16. The van der Waals surface area contributed by atoms with E-state index in [9.17, 15) is 9.90 Å². The van der Waals surface area contributed by atoms with Crippen LogP contribution in [0, 0.1) is 0 Å². The molecule has 1 N–H and O–H groups in total. The minimum atomic E-state index is -0.207. The molecule has 0 saturated carbocycles. The molecule has 0 aliphatic heterocycles. The van der Waals surface area contributed by atoms with E-state index in [0.717, 1.165) is 5.82 Å². The van der Waals surface area contributed by atoms with Gasteiger partial charge in [-0.15, -0.1) is 0 Å². The Bertz CT molecular complexity index is 565. The predicted octanol–water partition coefficient (Wildman–Crippen LogP) is 0.793. The van der Waals surface area contributed by atoms with Gasteiger partial charge in [-0.1, -0.05) is 0 Å². The molecule has 0 unspecified atom stereocenters. The Hall–Kier alpha value is -2.37. The molecule has 0 fully saturated rings. The molecule has 0 aromatic carbocycles. The molecule has 2 aromatic heterocycles. The SMILES string of the molecule is CN(Cc1nccn1C)C(=O)c1cncc(O)c1. The summed E-state index contributed by atoms with van der Waals surface area (Å²) in [6.45, 7) is 0.401. The van der Waals surface area contributed by atoms with Crippen LogP contribution in [0.25, 0.3) is 0 Å². The fraction of sp³-hybridized carbons (Fsp3) is 0.250. The Morgan fingerprint density at radius 2 is 2.28 bits per heavy atom. The summed E-state index contributed by atoms with van der Waals surface area (Å²) in [4.78, 5) is 21.5. The number of rotatable bonds is 3. The van der Waals surface area contributed by atoms with E-state index >= 15 is 0 Å². The van der Waals surface area contributed by atoms with Crippen molar-refractivity contribution in [1.82, 2.24) is 19.4 Å². The lowest BCUT2D eigenvalue weighted by molar-refractivity contribution is 0.0779. The number of hydrogen-bond donors (Lipinski definition) is 1. The second kappa shape index (κ2) is 4.87. The third kappa shape index (κ3) is 2.48. The topological polar surface area (TPSA) is 71.2 Å². The third-order valence-electron chi connectivity index (χ3n) is 2.62. The summed E-state index contributed by atoms with van der Waals surface area (Å²) in [5, 5.41) is 9.29. The van der Waals surface area contributed by atoms with Crippen molar-refractivity contribution in [1.29, 1.82) is 0 Å². The summed E-state index contributed by atoms with van der Waals surface area (Å²) < 4.78 is 1.85. The summed E-state index contributed by atoms with van der Waals surface area (Å²) in [5.41, 5.74) is 0.353. The zero-order chi connectivity index (χ0) is 13.1. The second-order valence-corrected chi connectivity index (χ2v) is 4.05. The second-order valence-electron chi connectivity index (χ2n) is 4.05. The number of imidazole rings is 1.